The van der Waals surface area contributed by atoms with E-state index < -0.39 is 0 Å². The van der Waals surface area contributed by atoms with Crippen LogP contribution in [0.2, 0.25) is 0 Å². The van der Waals surface area contributed by atoms with Crippen LogP contribution >= 0.6 is 0 Å². The van der Waals surface area contributed by atoms with Gasteiger partial charge in [-0.15, -0.1) is 0 Å². The number of nitrogens with one attached hydrogen (secondary N) is 2. The fourth-order valence-electron chi connectivity index (χ4n) is 2.90. The van der Waals surface area contributed by atoms with Gasteiger partial charge in [0.05, 0.1) is 31.7 Å². The zero-order chi connectivity index (χ0) is 18.2. The zero-order valence-corrected chi connectivity index (χ0v) is 15.0. The smallest absolute Gasteiger partial charge is 0.226 e. The van der Waals surface area contributed by atoms with Gasteiger partial charge in [0.2, 0.25) is 5.91 Å². The van der Waals surface area contributed by atoms with E-state index in [0.29, 0.717) is 26.2 Å². The molecule has 1 saturated heterocycles. The zero-order valence-electron chi connectivity index (χ0n) is 15.0. The number of carbonyl (C=O) groups excluding carboxylic acids is 1. The molecule has 2 aromatic rings. The minimum absolute atomic E-state index is 0.00767. The molecule has 0 spiro atoms. The molecule has 1 aliphatic heterocycles. The van der Waals surface area contributed by atoms with E-state index in [1.54, 1.807) is 7.11 Å². The maximum atomic E-state index is 12.3. The Morgan fingerprint density at radius 1 is 1.12 bits per heavy atom. The molecule has 0 radical (unpaired) electrons. The summed E-state index contributed by atoms with van der Waals surface area (Å²) in [5, 5.41) is 6.28. The molecule has 0 saturated carbocycles. The highest BCUT2D eigenvalue weighted by molar-refractivity contribution is 5.94. The van der Waals surface area contributed by atoms with Crippen LogP contribution in [0.3, 0.4) is 0 Å². The number of carbonyl (C=O) groups is 1. The van der Waals surface area contributed by atoms with Crippen molar-refractivity contribution < 1.29 is 14.3 Å². The van der Waals surface area contributed by atoms with Crippen LogP contribution in [0.25, 0.3) is 0 Å². The SMILES string of the molecule is COc1ccc(NCCC(=O)Nc2ccccc2N2CCOCC2)cc1. The van der Waals surface area contributed by atoms with E-state index in [1.165, 1.54) is 0 Å². The van der Waals surface area contributed by atoms with Crippen molar-refractivity contribution in [2.75, 3.05) is 55.5 Å². The standard InChI is InChI=1S/C20H25N3O3/c1-25-17-8-6-16(7-9-17)21-11-10-20(24)22-18-4-2-3-5-19(18)23-12-14-26-15-13-23/h2-9,21H,10-15H2,1H3,(H,22,24). The number of hydrogen-bond acceptors (Lipinski definition) is 5. The van der Waals surface area contributed by atoms with Gasteiger partial charge >= 0.3 is 0 Å². The Hall–Kier alpha value is -2.73. The molecule has 0 atom stereocenters. The fraction of sp³-hybridized carbons (Fsp3) is 0.350. The third kappa shape index (κ3) is 4.89. The van der Waals surface area contributed by atoms with E-state index in [-0.39, 0.29) is 5.91 Å². The monoisotopic (exact) mass is 355 g/mol. The Morgan fingerprint density at radius 3 is 2.58 bits per heavy atom. The summed E-state index contributed by atoms with van der Waals surface area (Å²) in [7, 11) is 1.64. The summed E-state index contributed by atoms with van der Waals surface area (Å²) in [5.41, 5.74) is 2.86. The second-order valence-corrected chi connectivity index (χ2v) is 6.07. The second-order valence-electron chi connectivity index (χ2n) is 6.07. The molecular formula is C20H25N3O3. The first kappa shape index (κ1) is 18.1. The quantitative estimate of drug-likeness (QED) is 0.799. The summed E-state index contributed by atoms with van der Waals surface area (Å²) in [5.74, 6) is 0.805. The Morgan fingerprint density at radius 2 is 1.85 bits per heavy atom. The van der Waals surface area contributed by atoms with Crippen LogP contribution in [-0.2, 0) is 9.53 Å². The van der Waals surface area contributed by atoms with Crippen molar-refractivity contribution in [2.45, 2.75) is 6.42 Å². The largest absolute Gasteiger partial charge is 0.497 e. The van der Waals surface area contributed by atoms with Crippen molar-refractivity contribution in [3.05, 3.63) is 48.5 Å². The van der Waals surface area contributed by atoms with Gasteiger partial charge in [0, 0.05) is 31.7 Å². The maximum Gasteiger partial charge on any atom is 0.226 e. The Kier molecular flexibility index (Phi) is 6.33. The van der Waals surface area contributed by atoms with Crippen LogP contribution in [0.1, 0.15) is 6.42 Å². The van der Waals surface area contributed by atoms with E-state index in [1.807, 2.05) is 48.5 Å². The Labute approximate surface area is 154 Å². The summed E-state index contributed by atoms with van der Waals surface area (Å²) >= 11 is 0. The molecule has 1 heterocycles. The van der Waals surface area contributed by atoms with Gasteiger partial charge in [0.25, 0.3) is 0 Å². The first-order chi connectivity index (χ1) is 12.8. The minimum atomic E-state index is -0.00767. The number of hydrogen-bond donors (Lipinski definition) is 2. The Bertz CT molecular complexity index is 712. The molecule has 1 aliphatic rings. The number of rotatable bonds is 7. The van der Waals surface area contributed by atoms with Gasteiger partial charge in [-0.05, 0) is 36.4 Å². The summed E-state index contributed by atoms with van der Waals surface area (Å²) in [6.07, 6.45) is 0.392. The molecule has 26 heavy (non-hydrogen) atoms. The molecule has 138 valence electrons. The molecule has 0 bridgehead atoms. The van der Waals surface area contributed by atoms with Crippen LogP contribution in [0.5, 0.6) is 5.75 Å². The lowest BCUT2D eigenvalue weighted by Crippen LogP contribution is -2.36. The average molecular weight is 355 g/mol. The number of ether oxygens (including phenoxy) is 2. The highest BCUT2D eigenvalue weighted by atomic mass is 16.5. The molecule has 1 fully saturated rings. The molecule has 2 aromatic carbocycles. The predicted molar refractivity (Wildman–Crippen MR) is 104 cm³/mol. The number of para-hydroxylation sites is 2. The number of methoxy groups -OCH3 is 1. The summed E-state index contributed by atoms with van der Waals surface area (Å²) < 4.78 is 10.5. The first-order valence-corrected chi connectivity index (χ1v) is 8.86. The molecule has 6 heteroatoms. The van der Waals surface area contributed by atoms with Crippen LogP contribution in [0.4, 0.5) is 17.1 Å². The second kappa shape index (κ2) is 9.10. The lowest BCUT2D eigenvalue weighted by molar-refractivity contribution is -0.115. The van der Waals surface area contributed by atoms with Gasteiger partial charge < -0.3 is 25.0 Å². The Balaban J connectivity index is 1.51. The highest BCUT2D eigenvalue weighted by Crippen LogP contribution is 2.26. The topological polar surface area (TPSA) is 62.8 Å². The van der Waals surface area contributed by atoms with Gasteiger partial charge in [0.1, 0.15) is 5.75 Å². The number of morpholine rings is 1. The maximum absolute atomic E-state index is 12.3. The van der Waals surface area contributed by atoms with Crippen molar-refractivity contribution >= 4 is 23.0 Å². The average Bonchev–Trinajstić information content (AvgIpc) is 2.69. The van der Waals surface area contributed by atoms with Crippen molar-refractivity contribution in [1.82, 2.24) is 0 Å². The van der Waals surface area contributed by atoms with E-state index in [0.717, 1.165) is 35.9 Å². The molecule has 0 unspecified atom stereocenters. The van der Waals surface area contributed by atoms with Gasteiger partial charge in [-0.1, -0.05) is 12.1 Å². The lowest BCUT2D eigenvalue weighted by atomic mass is 10.2. The van der Waals surface area contributed by atoms with Crippen LogP contribution in [0.15, 0.2) is 48.5 Å². The van der Waals surface area contributed by atoms with E-state index in [4.69, 9.17) is 9.47 Å². The molecule has 0 aromatic heterocycles. The van der Waals surface area contributed by atoms with E-state index in [2.05, 4.69) is 15.5 Å². The van der Waals surface area contributed by atoms with Gasteiger partial charge in [-0.25, -0.2) is 0 Å². The highest BCUT2D eigenvalue weighted by Gasteiger charge is 2.15. The van der Waals surface area contributed by atoms with Gasteiger partial charge in [-0.2, -0.15) is 0 Å². The third-order valence-electron chi connectivity index (χ3n) is 4.30. The minimum Gasteiger partial charge on any atom is -0.497 e. The first-order valence-electron chi connectivity index (χ1n) is 8.86. The molecule has 0 aliphatic carbocycles. The number of nitrogens with zero attached hydrogens (tertiary/aromatic N) is 1. The predicted octanol–water partition coefficient (Wildman–Crippen LogP) is 2.97. The fourth-order valence-corrected chi connectivity index (χ4v) is 2.90. The van der Waals surface area contributed by atoms with Crippen LogP contribution in [-0.4, -0.2) is 45.9 Å². The number of anilines is 3. The summed E-state index contributed by atoms with van der Waals surface area (Å²) in [6, 6.07) is 15.6. The lowest BCUT2D eigenvalue weighted by Gasteiger charge is -2.30. The van der Waals surface area contributed by atoms with E-state index >= 15 is 0 Å². The van der Waals surface area contributed by atoms with E-state index in [9.17, 15) is 4.79 Å². The molecule has 6 nitrogen and oxygen atoms in total. The van der Waals surface area contributed by atoms with Crippen LogP contribution < -0.4 is 20.3 Å². The molecule has 3 rings (SSSR count). The third-order valence-corrected chi connectivity index (χ3v) is 4.30. The van der Waals surface area contributed by atoms with Crippen molar-refractivity contribution in [2.24, 2.45) is 0 Å². The van der Waals surface area contributed by atoms with Gasteiger partial charge in [0.15, 0.2) is 0 Å². The molecule has 2 N–H and O–H groups in total. The van der Waals surface area contributed by atoms with Crippen molar-refractivity contribution in [3.8, 4) is 5.75 Å². The van der Waals surface area contributed by atoms with Crippen molar-refractivity contribution in [3.63, 3.8) is 0 Å². The number of amides is 1. The molecule has 1 amide bonds. The summed E-state index contributed by atoms with van der Waals surface area (Å²) in [4.78, 5) is 14.6. The van der Waals surface area contributed by atoms with Crippen LogP contribution in [0, 0.1) is 0 Å². The molecular weight excluding hydrogens is 330 g/mol. The number of benzene rings is 2. The van der Waals surface area contributed by atoms with Gasteiger partial charge in [-0.3, -0.25) is 4.79 Å². The normalized spacial score (nSPS) is 14.0. The summed E-state index contributed by atoms with van der Waals surface area (Å²) in [6.45, 7) is 3.68. The van der Waals surface area contributed by atoms with Crippen molar-refractivity contribution in [1.29, 1.82) is 0 Å².